The van der Waals surface area contributed by atoms with Crippen LogP contribution in [0.2, 0.25) is 5.02 Å². The van der Waals surface area contributed by atoms with Crippen LogP contribution in [0, 0.1) is 12.3 Å². The summed E-state index contributed by atoms with van der Waals surface area (Å²) in [7, 11) is 0. The van der Waals surface area contributed by atoms with Crippen molar-refractivity contribution in [1.82, 2.24) is 4.57 Å². The van der Waals surface area contributed by atoms with E-state index < -0.39 is 5.91 Å². The summed E-state index contributed by atoms with van der Waals surface area (Å²) in [5, 5.41) is 8.35. The van der Waals surface area contributed by atoms with E-state index in [9.17, 15) is 4.79 Å². The van der Waals surface area contributed by atoms with Crippen LogP contribution in [0.4, 0.5) is 0 Å². The molecule has 4 nitrogen and oxygen atoms in total. The van der Waals surface area contributed by atoms with Gasteiger partial charge in [0.2, 0.25) is 0 Å². The maximum atomic E-state index is 11.3. The number of nitrogens with zero attached hydrogens (tertiary/aromatic N) is 1. The molecule has 0 spiro atoms. The van der Waals surface area contributed by atoms with Gasteiger partial charge in [0.1, 0.15) is 5.49 Å². The first-order chi connectivity index (χ1) is 8.97. The lowest BCUT2D eigenvalue weighted by atomic mass is 10.1. The summed E-state index contributed by atoms with van der Waals surface area (Å²) in [5.74, 6) is -0.648. The van der Waals surface area contributed by atoms with Crippen LogP contribution in [0.25, 0.3) is 0 Å². The second kappa shape index (κ2) is 5.28. The minimum Gasteiger partial charge on any atom is -0.365 e. The van der Waals surface area contributed by atoms with Gasteiger partial charge in [0.05, 0.1) is 10.6 Å². The molecule has 98 valence electrons. The molecule has 0 aliphatic rings. The summed E-state index contributed by atoms with van der Waals surface area (Å²) in [6.07, 6.45) is 1.62. The van der Waals surface area contributed by atoms with Gasteiger partial charge in [-0.3, -0.25) is 10.2 Å². The molecular weight excluding hydrogens is 262 g/mol. The molecule has 0 unspecified atom stereocenters. The predicted molar refractivity (Wildman–Crippen MR) is 74.1 cm³/mol. The third kappa shape index (κ3) is 3.03. The number of pyridine rings is 1. The van der Waals surface area contributed by atoms with Crippen molar-refractivity contribution in [3.05, 3.63) is 63.7 Å². The number of hydrogen-bond acceptors (Lipinski definition) is 2. The van der Waals surface area contributed by atoms with E-state index in [2.05, 4.69) is 0 Å². The Balaban J connectivity index is 2.43. The molecule has 0 aliphatic heterocycles. The second-order valence-corrected chi connectivity index (χ2v) is 4.83. The smallest absolute Gasteiger partial charge is 0.252 e. The van der Waals surface area contributed by atoms with Crippen molar-refractivity contribution in [2.24, 2.45) is 5.73 Å². The molecule has 0 fully saturated rings. The van der Waals surface area contributed by atoms with Gasteiger partial charge in [0.15, 0.2) is 0 Å². The van der Waals surface area contributed by atoms with Gasteiger partial charge in [-0.2, -0.15) is 0 Å². The van der Waals surface area contributed by atoms with E-state index in [0.29, 0.717) is 11.6 Å². The van der Waals surface area contributed by atoms with Crippen LogP contribution < -0.4 is 11.2 Å². The van der Waals surface area contributed by atoms with Crippen molar-refractivity contribution in [3.63, 3.8) is 0 Å². The first-order valence-electron chi connectivity index (χ1n) is 5.77. The molecule has 0 aliphatic carbocycles. The maximum absolute atomic E-state index is 11.3. The average Bonchev–Trinajstić information content (AvgIpc) is 2.35. The molecule has 0 bridgehead atoms. The lowest BCUT2D eigenvalue weighted by Gasteiger charge is -2.10. The molecule has 0 saturated carbocycles. The summed E-state index contributed by atoms with van der Waals surface area (Å²) in [5.41, 5.74) is 7.63. The van der Waals surface area contributed by atoms with Crippen molar-refractivity contribution in [2.45, 2.75) is 13.5 Å². The number of hydrogen-bond donors (Lipinski definition) is 2. The number of nitrogens with one attached hydrogen (secondary N) is 1. The Morgan fingerprint density at radius 2 is 2.00 bits per heavy atom. The van der Waals surface area contributed by atoms with Gasteiger partial charge in [-0.05, 0) is 18.6 Å². The van der Waals surface area contributed by atoms with Crippen molar-refractivity contribution >= 4 is 17.5 Å². The third-order valence-corrected chi connectivity index (χ3v) is 3.05. The summed E-state index contributed by atoms with van der Waals surface area (Å²) in [6, 6.07) is 9.37. The van der Waals surface area contributed by atoms with Crippen LogP contribution in [-0.4, -0.2) is 10.5 Å². The van der Waals surface area contributed by atoms with Crippen molar-refractivity contribution in [2.75, 3.05) is 0 Å². The number of rotatable bonds is 3. The van der Waals surface area contributed by atoms with Gasteiger partial charge >= 0.3 is 0 Å². The van der Waals surface area contributed by atoms with Crippen molar-refractivity contribution in [3.8, 4) is 0 Å². The first-order valence-corrected chi connectivity index (χ1v) is 6.15. The van der Waals surface area contributed by atoms with Crippen LogP contribution in [0.1, 0.15) is 21.5 Å². The van der Waals surface area contributed by atoms with Crippen LogP contribution >= 0.6 is 11.6 Å². The molecular formula is C14H14ClN3O. The molecule has 2 rings (SSSR count). The Kier molecular flexibility index (Phi) is 3.71. The van der Waals surface area contributed by atoms with Gasteiger partial charge in [0.25, 0.3) is 5.91 Å². The normalized spacial score (nSPS) is 10.4. The summed E-state index contributed by atoms with van der Waals surface area (Å²) in [4.78, 5) is 11.3. The number of halogens is 1. The number of nitrogens with two attached hydrogens (primary N) is 1. The highest BCUT2D eigenvalue weighted by atomic mass is 35.5. The molecule has 0 saturated heterocycles. The zero-order chi connectivity index (χ0) is 14.0. The minimum atomic E-state index is -0.648. The van der Waals surface area contributed by atoms with Crippen LogP contribution in [-0.2, 0) is 6.54 Å². The molecule has 19 heavy (non-hydrogen) atoms. The van der Waals surface area contributed by atoms with E-state index in [1.165, 1.54) is 11.6 Å². The molecule has 1 amide bonds. The fourth-order valence-electron chi connectivity index (χ4n) is 1.81. The van der Waals surface area contributed by atoms with E-state index in [1.807, 2.05) is 31.2 Å². The highest BCUT2D eigenvalue weighted by Gasteiger charge is 2.08. The Labute approximate surface area is 116 Å². The first kappa shape index (κ1) is 13.4. The number of carbonyl (C=O) groups excluding carboxylic acids is 1. The number of aryl methyl sites for hydroxylation is 1. The SMILES string of the molecule is Cc1ccc(Cn2cc(Cl)cc(C(N)=O)c2=N)cc1. The van der Waals surface area contributed by atoms with Gasteiger partial charge in [-0.25, -0.2) is 0 Å². The number of carbonyl (C=O) groups is 1. The van der Waals surface area contributed by atoms with E-state index in [4.69, 9.17) is 22.7 Å². The largest absolute Gasteiger partial charge is 0.365 e. The summed E-state index contributed by atoms with van der Waals surface area (Å²) >= 11 is 5.95. The Hall–Kier alpha value is -2.07. The number of aromatic nitrogens is 1. The van der Waals surface area contributed by atoms with Crippen LogP contribution in [0.3, 0.4) is 0 Å². The maximum Gasteiger partial charge on any atom is 0.252 e. The van der Waals surface area contributed by atoms with E-state index in [0.717, 1.165) is 5.56 Å². The lowest BCUT2D eigenvalue weighted by Crippen LogP contribution is -2.29. The fourth-order valence-corrected chi connectivity index (χ4v) is 2.04. The molecule has 0 radical (unpaired) electrons. The van der Waals surface area contributed by atoms with E-state index >= 15 is 0 Å². The zero-order valence-electron chi connectivity index (χ0n) is 10.5. The van der Waals surface area contributed by atoms with E-state index in [1.54, 1.807) is 10.8 Å². The molecule has 2 aromatic rings. The van der Waals surface area contributed by atoms with Gasteiger partial charge in [-0.15, -0.1) is 0 Å². The van der Waals surface area contributed by atoms with Gasteiger partial charge in [0, 0.05) is 12.7 Å². The molecule has 1 aromatic carbocycles. The molecule has 5 heteroatoms. The minimum absolute atomic E-state index is 0.0671. The van der Waals surface area contributed by atoms with Gasteiger partial charge < -0.3 is 10.3 Å². The topological polar surface area (TPSA) is 71.9 Å². The summed E-state index contributed by atoms with van der Waals surface area (Å²) in [6.45, 7) is 2.48. The van der Waals surface area contributed by atoms with Crippen LogP contribution in [0.5, 0.6) is 0 Å². The number of benzene rings is 1. The summed E-state index contributed by atoms with van der Waals surface area (Å²) < 4.78 is 1.60. The molecule has 1 aromatic heterocycles. The van der Waals surface area contributed by atoms with Crippen LogP contribution in [0.15, 0.2) is 36.5 Å². The standard InChI is InChI=1S/C14H14ClN3O/c1-9-2-4-10(5-3-9)7-18-8-11(15)6-12(13(18)16)14(17)19/h2-6,8,16H,7H2,1H3,(H2,17,19). The molecule has 0 atom stereocenters. The Morgan fingerprint density at radius 3 is 2.58 bits per heavy atom. The quantitative estimate of drug-likeness (QED) is 0.884. The fraction of sp³-hybridized carbons (Fsp3) is 0.143. The van der Waals surface area contributed by atoms with E-state index in [-0.39, 0.29) is 11.1 Å². The second-order valence-electron chi connectivity index (χ2n) is 4.40. The highest BCUT2D eigenvalue weighted by Crippen LogP contribution is 2.10. The predicted octanol–water partition coefficient (Wildman–Crippen LogP) is 2.08. The Bertz CT molecular complexity index is 674. The highest BCUT2D eigenvalue weighted by molar-refractivity contribution is 6.30. The zero-order valence-corrected chi connectivity index (χ0v) is 11.2. The monoisotopic (exact) mass is 275 g/mol. The molecule has 3 N–H and O–H groups in total. The third-order valence-electron chi connectivity index (χ3n) is 2.84. The number of primary amides is 1. The molecule has 1 heterocycles. The Morgan fingerprint density at radius 1 is 1.37 bits per heavy atom. The lowest BCUT2D eigenvalue weighted by molar-refractivity contribution is 0.0998. The number of amides is 1. The van der Waals surface area contributed by atoms with Crippen molar-refractivity contribution in [1.29, 1.82) is 5.41 Å². The average molecular weight is 276 g/mol. The van der Waals surface area contributed by atoms with Crippen molar-refractivity contribution < 1.29 is 4.79 Å². The van der Waals surface area contributed by atoms with Gasteiger partial charge in [-0.1, -0.05) is 41.4 Å².